The number of carbonyl (C=O) groups is 1. The van der Waals surface area contributed by atoms with Crippen molar-refractivity contribution < 1.29 is 9.18 Å². The maximum absolute atomic E-state index is 12.1. The van der Waals surface area contributed by atoms with Gasteiger partial charge in [-0.15, -0.1) is 4.39 Å². The Morgan fingerprint density at radius 2 is 2.00 bits per heavy atom. The molecule has 0 saturated heterocycles. The van der Waals surface area contributed by atoms with Gasteiger partial charge in [-0.2, -0.15) is 0 Å². The van der Waals surface area contributed by atoms with E-state index in [9.17, 15) is 9.18 Å². The third-order valence-electron chi connectivity index (χ3n) is 2.09. The molecule has 1 fully saturated rings. The van der Waals surface area contributed by atoms with E-state index in [0.717, 1.165) is 4.31 Å². The van der Waals surface area contributed by atoms with Crippen LogP contribution in [0.4, 0.5) is 9.18 Å². The molecule has 0 heterocycles. The molecule has 0 spiro atoms. The molecule has 0 aromatic carbocycles. The summed E-state index contributed by atoms with van der Waals surface area (Å²) in [7, 11) is 4.29. The molecule has 1 saturated carbocycles. The van der Waals surface area contributed by atoms with Gasteiger partial charge in [-0.3, -0.25) is 4.31 Å². The van der Waals surface area contributed by atoms with E-state index in [-0.39, 0.29) is 0 Å². The summed E-state index contributed by atoms with van der Waals surface area (Å²) < 4.78 is 13.1. The first kappa shape index (κ1) is 11.2. The summed E-state index contributed by atoms with van der Waals surface area (Å²) in [6, 6.07) is 0. The highest BCUT2D eigenvalue weighted by atomic mass is 33.1. The van der Waals surface area contributed by atoms with Gasteiger partial charge in [0.1, 0.15) is 0 Å². The zero-order valence-electron chi connectivity index (χ0n) is 7.66. The molecule has 0 aromatic heterocycles. The van der Waals surface area contributed by atoms with Gasteiger partial charge in [-0.25, -0.2) is 4.79 Å². The largest absolute Gasteiger partial charge is 0.410 e. The normalized spacial score (nSPS) is 18.6. The quantitative estimate of drug-likeness (QED) is 0.315. The third-order valence-corrected chi connectivity index (χ3v) is 5.03. The molecule has 1 rings (SSSR count). The maximum Gasteiger partial charge on any atom is 0.410 e. The number of carbonyl (C=O) groups excluding carboxylic acids is 1. The molecule has 0 aliphatic heterocycles. The Labute approximate surface area is 86.2 Å². The van der Waals surface area contributed by atoms with Crippen molar-refractivity contribution in [1.29, 1.82) is 0 Å². The number of amides is 1. The molecule has 0 aromatic rings. The van der Waals surface area contributed by atoms with Crippen LogP contribution in [-0.4, -0.2) is 22.8 Å². The minimum atomic E-state index is -1.37. The standard InChI is InChI=1S/C8H14FNOS2/c1-10(8(9)11)13-12-7-5-3-2-4-6-7/h7H,2-6H2,1H3. The average molecular weight is 223 g/mol. The third kappa shape index (κ3) is 4.22. The molecule has 13 heavy (non-hydrogen) atoms. The number of hydrogen-bond acceptors (Lipinski definition) is 3. The number of nitrogens with zero attached hydrogens (tertiary/aromatic N) is 1. The van der Waals surface area contributed by atoms with Gasteiger partial charge < -0.3 is 0 Å². The summed E-state index contributed by atoms with van der Waals surface area (Å²) >= 11 is 0. The lowest BCUT2D eigenvalue weighted by Gasteiger charge is -2.21. The molecule has 0 bridgehead atoms. The highest BCUT2D eigenvalue weighted by molar-refractivity contribution is 8.76. The molecule has 2 nitrogen and oxygen atoms in total. The second-order valence-electron chi connectivity index (χ2n) is 3.18. The number of rotatable bonds is 3. The molecular weight excluding hydrogens is 209 g/mol. The van der Waals surface area contributed by atoms with Crippen LogP contribution in [0.15, 0.2) is 0 Å². The Hall–Kier alpha value is 0.1000. The fourth-order valence-corrected chi connectivity index (χ4v) is 3.66. The van der Waals surface area contributed by atoms with E-state index >= 15 is 0 Å². The first-order valence-corrected chi connectivity index (χ1v) is 6.64. The van der Waals surface area contributed by atoms with Gasteiger partial charge in [0, 0.05) is 23.3 Å². The number of hydrogen-bond donors (Lipinski definition) is 0. The van der Waals surface area contributed by atoms with E-state index in [1.54, 1.807) is 10.8 Å². The summed E-state index contributed by atoms with van der Waals surface area (Å²) in [5, 5.41) is 0.598. The van der Waals surface area contributed by atoms with Crippen LogP contribution in [0.3, 0.4) is 0 Å². The van der Waals surface area contributed by atoms with Crippen molar-refractivity contribution in [2.45, 2.75) is 37.4 Å². The van der Waals surface area contributed by atoms with E-state index in [1.165, 1.54) is 50.1 Å². The molecule has 0 radical (unpaired) electrons. The first-order chi connectivity index (χ1) is 6.20. The lowest BCUT2D eigenvalue weighted by Crippen LogP contribution is -2.13. The fraction of sp³-hybridized carbons (Fsp3) is 0.875. The summed E-state index contributed by atoms with van der Waals surface area (Å²) in [4.78, 5) is 10.2. The lowest BCUT2D eigenvalue weighted by atomic mass is 10.0. The highest BCUT2D eigenvalue weighted by Crippen LogP contribution is 2.37. The van der Waals surface area contributed by atoms with Crippen LogP contribution in [0.5, 0.6) is 0 Å². The van der Waals surface area contributed by atoms with Crippen LogP contribution < -0.4 is 0 Å². The molecule has 1 amide bonds. The van der Waals surface area contributed by atoms with Crippen LogP contribution in [0.1, 0.15) is 32.1 Å². The van der Waals surface area contributed by atoms with Crippen LogP contribution >= 0.6 is 21.8 Å². The van der Waals surface area contributed by atoms with Crippen molar-refractivity contribution in [3.8, 4) is 0 Å². The zero-order valence-corrected chi connectivity index (χ0v) is 9.30. The molecule has 76 valence electrons. The molecule has 0 atom stereocenters. The Balaban J connectivity index is 2.13. The smallest absolute Gasteiger partial charge is 0.252 e. The van der Waals surface area contributed by atoms with Crippen molar-refractivity contribution in [3.63, 3.8) is 0 Å². The minimum absolute atomic E-state index is 0.598. The Bertz CT molecular complexity index is 174. The van der Waals surface area contributed by atoms with Crippen molar-refractivity contribution in [2.24, 2.45) is 0 Å². The SMILES string of the molecule is CN(SSC1CCCCC1)C(=O)F. The van der Waals surface area contributed by atoms with Gasteiger partial charge >= 0.3 is 6.16 Å². The van der Waals surface area contributed by atoms with Crippen molar-refractivity contribution in [3.05, 3.63) is 0 Å². The predicted octanol–water partition coefficient (Wildman–Crippen LogP) is 3.64. The predicted molar refractivity (Wildman–Crippen MR) is 56.3 cm³/mol. The summed E-state index contributed by atoms with van der Waals surface area (Å²) in [5.74, 6) is 0. The van der Waals surface area contributed by atoms with E-state index < -0.39 is 6.16 Å². The fourth-order valence-electron chi connectivity index (χ4n) is 1.32. The Morgan fingerprint density at radius 3 is 2.54 bits per heavy atom. The van der Waals surface area contributed by atoms with Crippen molar-refractivity contribution in [1.82, 2.24) is 4.31 Å². The minimum Gasteiger partial charge on any atom is -0.252 e. The van der Waals surface area contributed by atoms with Gasteiger partial charge in [0.25, 0.3) is 0 Å². The van der Waals surface area contributed by atoms with E-state index in [1.807, 2.05) is 0 Å². The van der Waals surface area contributed by atoms with Crippen LogP contribution in [0, 0.1) is 0 Å². The van der Waals surface area contributed by atoms with Gasteiger partial charge in [0.2, 0.25) is 0 Å². The average Bonchev–Trinajstić information content (AvgIpc) is 2.15. The lowest BCUT2D eigenvalue weighted by molar-refractivity contribution is 0.210. The Kier molecular flexibility index (Phi) is 4.94. The van der Waals surface area contributed by atoms with E-state index in [0.29, 0.717) is 5.25 Å². The maximum atomic E-state index is 12.1. The molecule has 1 aliphatic carbocycles. The van der Waals surface area contributed by atoms with Crippen LogP contribution in [0.2, 0.25) is 0 Å². The topological polar surface area (TPSA) is 20.3 Å². The van der Waals surface area contributed by atoms with Crippen molar-refractivity contribution >= 4 is 27.9 Å². The second-order valence-corrected chi connectivity index (χ2v) is 5.76. The van der Waals surface area contributed by atoms with Crippen LogP contribution in [0.25, 0.3) is 0 Å². The monoisotopic (exact) mass is 223 g/mol. The highest BCUT2D eigenvalue weighted by Gasteiger charge is 2.16. The molecular formula is C8H14FNOS2. The van der Waals surface area contributed by atoms with Gasteiger partial charge in [-0.05, 0) is 12.8 Å². The number of halogens is 1. The summed E-state index contributed by atoms with van der Waals surface area (Å²) in [6.45, 7) is 0. The van der Waals surface area contributed by atoms with E-state index in [2.05, 4.69) is 0 Å². The van der Waals surface area contributed by atoms with Gasteiger partial charge in [-0.1, -0.05) is 30.1 Å². The molecule has 0 unspecified atom stereocenters. The summed E-state index contributed by atoms with van der Waals surface area (Å²) in [6.07, 6.45) is 4.89. The van der Waals surface area contributed by atoms with Crippen LogP contribution in [-0.2, 0) is 0 Å². The first-order valence-electron chi connectivity index (χ1n) is 4.47. The Morgan fingerprint density at radius 1 is 1.38 bits per heavy atom. The van der Waals surface area contributed by atoms with Crippen molar-refractivity contribution in [2.75, 3.05) is 7.05 Å². The van der Waals surface area contributed by atoms with Gasteiger partial charge in [0.05, 0.1) is 0 Å². The zero-order chi connectivity index (χ0) is 9.68. The molecule has 1 aliphatic rings. The van der Waals surface area contributed by atoms with E-state index in [4.69, 9.17) is 0 Å². The summed E-state index contributed by atoms with van der Waals surface area (Å²) in [5.41, 5.74) is 0. The molecule has 0 N–H and O–H groups in total. The van der Waals surface area contributed by atoms with Gasteiger partial charge in [0.15, 0.2) is 0 Å². The molecule has 5 heteroatoms. The second kappa shape index (κ2) is 5.75.